The van der Waals surface area contributed by atoms with Crippen LogP contribution in [-0.4, -0.2) is 20.9 Å². The summed E-state index contributed by atoms with van der Waals surface area (Å²) in [5, 5.41) is 7.08. The molecule has 118 valence electrons. The number of carbonyl (C=O) groups excluding carboxylic acids is 1. The van der Waals surface area contributed by atoms with Crippen molar-refractivity contribution in [1.29, 1.82) is 0 Å². The number of thioether (sulfide) groups is 1. The van der Waals surface area contributed by atoms with Crippen molar-refractivity contribution >= 4 is 23.5 Å². The van der Waals surface area contributed by atoms with Crippen molar-refractivity contribution in [3.63, 3.8) is 0 Å². The Bertz CT molecular complexity index is 636. The van der Waals surface area contributed by atoms with Crippen LogP contribution in [0.1, 0.15) is 37.9 Å². The van der Waals surface area contributed by atoms with Crippen molar-refractivity contribution in [1.82, 2.24) is 9.78 Å². The first kappa shape index (κ1) is 16.6. The Morgan fingerprint density at radius 3 is 2.68 bits per heavy atom. The first-order valence-electron chi connectivity index (χ1n) is 7.49. The lowest BCUT2D eigenvalue weighted by atomic mass is 10.1. The summed E-state index contributed by atoms with van der Waals surface area (Å²) in [6.07, 6.45) is 1.71. The van der Waals surface area contributed by atoms with E-state index in [1.165, 1.54) is 11.1 Å². The van der Waals surface area contributed by atoms with Gasteiger partial charge >= 0.3 is 0 Å². The van der Waals surface area contributed by atoms with Crippen LogP contribution in [0.2, 0.25) is 0 Å². The van der Waals surface area contributed by atoms with Gasteiger partial charge in [0.25, 0.3) is 0 Å². The number of nitrogens with one attached hydrogen (secondary N) is 1. The fourth-order valence-corrected chi connectivity index (χ4v) is 3.08. The highest BCUT2D eigenvalue weighted by Crippen LogP contribution is 2.22. The van der Waals surface area contributed by atoms with Gasteiger partial charge in [-0.05, 0) is 38.8 Å². The Kier molecular flexibility index (Phi) is 5.66. The Hall–Kier alpha value is -1.75. The van der Waals surface area contributed by atoms with Crippen molar-refractivity contribution in [2.45, 2.75) is 44.7 Å². The summed E-state index contributed by atoms with van der Waals surface area (Å²) in [6, 6.07) is 10.3. The van der Waals surface area contributed by atoms with E-state index in [0.29, 0.717) is 0 Å². The number of anilines is 1. The zero-order valence-electron chi connectivity index (χ0n) is 13.5. The summed E-state index contributed by atoms with van der Waals surface area (Å²) in [6.45, 7) is 8.12. The predicted octanol–water partition coefficient (Wildman–Crippen LogP) is 4.03. The van der Waals surface area contributed by atoms with Crippen LogP contribution in [0.3, 0.4) is 0 Å². The van der Waals surface area contributed by atoms with Crippen molar-refractivity contribution in [2.75, 3.05) is 5.32 Å². The molecule has 0 radical (unpaired) electrons. The average molecular weight is 317 g/mol. The third-order valence-electron chi connectivity index (χ3n) is 3.53. The third kappa shape index (κ3) is 4.13. The maximum absolute atomic E-state index is 12.3. The van der Waals surface area contributed by atoms with E-state index in [0.717, 1.165) is 11.6 Å². The Labute approximate surface area is 136 Å². The van der Waals surface area contributed by atoms with Crippen molar-refractivity contribution < 1.29 is 4.79 Å². The van der Waals surface area contributed by atoms with Gasteiger partial charge in [0.15, 0.2) is 0 Å². The SMILES string of the molecule is Cc1ccccc1CSC(C)C(=O)Nc1ccnn1C(C)C. The monoisotopic (exact) mass is 317 g/mol. The smallest absolute Gasteiger partial charge is 0.238 e. The van der Waals surface area contributed by atoms with Crippen LogP contribution in [0.25, 0.3) is 0 Å². The first-order valence-corrected chi connectivity index (χ1v) is 8.54. The summed E-state index contributed by atoms with van der Waals surface area (Å²) < 4.78 is 1.82. The summed E-state index contributed by atoms with van der Waals surface area (Å²) in [4.78, 5) is 12.3. The van der Waals surface area contributed by atoms with E-state index in [4.69, 9.17) is 0 Å². The summed E-state index contributed by atoms with van der Waals surface area (Å²) in [5.41, 5.74) is 2.54. The molecule has 1 atom stereocenters. The quantitative estimate of drug-likeness (QED) is 0.875. The van der Waals surface area contributed by atoms with Crippen LogP contribution in [0, 0.1) is 6.92 Å². The highest BCUT2D eigenvalue weighted by Gasteiger charge is 2.16. The molecule has 1 aromatic carbocycles. The number of hydrogen-bond donors (Lipinski definition) is 1. The van der Waals surface area contributed by atoms with Gasteiger partial charge in [-0.15, -0.1) is 11.8 Å². The fourth-order valence-electron chi connectivity index (χ4n) is 2.12. The van der Waals surface area contributed by atoms with E-state index in [1.807, 2.05) is 43.7 Å². The van der Waals surface area contributed by atoms with Gasteiger partial charge in [0, 0.05) is 17.9 Å². The largest absolute Gasteiger partial charge is 0.310 e. The molecule has 4 nitrogen and oxygen atoms in total. The van der Waals surface area contributed by atoms with E-state index in [-0.39, 0.29) is 17.2 Å². The molecule has 0 aliphatic rings. The van der Waals surface area contributed by atoms with Gasteiger partial charge in [-0.25, -0.2) is 4.68 Å². The minimum Gasteiger partial charge on any atom is -0.310 e. The Morgan fingerprint density at radius 2 is 2.00 bits per heavy atom. The highest BCUT2D eigenvalue weighted by atomic mass is 32.2. The van der Waals surface area contributed by atoms with Crippen LogP contribution in [0.4, 0.5) is 5.82 Å². The molecule has 0 bridgehead atoms. The van der Waals surface area contributed by atoms with Gasteiger partial charge < -0.3 is 5.32 Å². The van der Waals surface area contributed by atoms with E-state index in [9.17, 15) is 4.79 Å². The standard InChI is InChI=1S/C17H23N3OS/c1-12(2)20-16(9-10-18-20)19-17(21)14(4)22-11-15-8-6-5-7-13(15)3/h5-10,12,14H,11H2,1-4H3,(H,19,21). The number of benzene rings is 1. The number of aryl methyl sites for hydroxylation is 1. The maximum atomic E-state index is 12.3. The fraction of sp³-hybridized carbons (Fsp3) is 0.412. The average Bonchev–Trinajstić information content (AvgIpc) is 2.94. The molecule has 1 aromatic heterocycles. The summed E-state index contributed by atoms with van der Waals surface area (Å²) in [7, 11) is 0. The summed E-state index contributed by atoms with van der Waals surface area (Å²) >= 11 is 1.65. The van der Waals surface area contributed by atoms with Crippen molar-refractivity contribution in [3.8, 4) is 0 Å². The van der Waals surface area contributed by atoms with E-state index in [1.54, 1.807) is 18.0 Å². The molecule has 1 heterocycles. The molecule has 1 N–H and O–H groups in total. The van der Waals surface area contributed by atoms with Gasteiger partial charge in [0.2, 0.25) is 5.91 Å². The van der Waals surface area contributed by atoms with E-state index < -0.39 is 0 Å². The van der Waals surface area contributed by atoms with E-state index >= 15 is 0 Å². The molecule has 1 amide bonds. The third-order valence-corrected chi connectivity index (χ3v) is 4.72. The minimum atomic E-state index is -0.116. The lowest BCUT2D eigenvalue weighted by Crippen LogP contribution is -2.24. The van der Waals surface area contributed by atoms with Crippen LogP contribution >= 0.6 is 11.8 Å². The molecule has 2 aromatic rings. The molecule has 1 unspecified atom stereocenters. The van der Waals surface area contributed by atoms with Crippen molar-refractivity contribution in [2.24, 2.45) is 0 Å². The molecule has 0 fully saturated rings. The second-order valence-electron chi connectivity index (χ2n) is 5.62. The molecule has 2 rings (SSSR count). The van der Waals surface area contributed by atoms with Gasteiger partial charge in [-0.2, -0.15) is 5.10 Å². The molecule has 0 saturated heterocycles. The molecular weight excluding hydrogens is 294 g/mol. The lowest BCUT2D eigenvalue weighted by Gasteiger charge is -2.15. The molecular formula is C17H23N3OS. The number of rotatable bonds is 6. The van der Waals surface area contributed by atoms with Gasteiger partial charge in [0.05, 0.1) is 11.4 Å². The zero-order chi connectivity index (χ0) is 16.1. The Morgan fingerprint density at radius 1 is 1.27 bits per heavy atom. The van der Waals surface area contributed by atoms with Crippen molar-refractivity contribution in [3.05, 3.63) is 47.7 Å². The molecule has 5 heteroatoms. The number of nitrogens with zero attached hydrogens (tertiary/aromatic N) is 2. The second kappa shape index (κ2) is 7.49. The minimum absolute atomic E-state index is 0.0148. The zero-order valence-corrected chi connectivity index (χ0v) is 14.4. The predicted molar refractivity (Wildman–Crippen MR) is 93.2 cm³/mol. The summed E-state index contributed by atoms with van der Waals surface area (Å²) in [5.74, 6) is 1.61. The molecule has 22 heavy (non-hydrogen) atoms. The number of hydrogen-bond acceptors (Lipinski definition) is 3. The van der Waals surface area contributed by atoms with Gasteiger partial charge in [-0.1, -0.05) is 24.3 Å². The first-order chi connectivity index (χ1) is 10.5. The molecule has 0 saturated carbocycles. The Balaban J connectivity index is 1.92. The van der Waals surface area contributed by atoms with E-state index in [2.05, 4.69) is 29.5 Å². The van der Waals surface area contributed by atoms with Crippen LogP contribution in [0.5, 0.6) is 0 Å². The number of carbonyl (C=O) groups is 1. The number of aromatic nitrogens is 2. The molecule has 0 aliphatic carbocycles. The second-order valence-corrected chi connectivity index (χ2v) is 6.95. The van der Waals surface area contributed by atoms with Crippen LogP contribution in [-0.2, 0) is 10.5 Å². The number of amides is 1. The maximum Gasteiger partial charge on any atom is 0.238 e. The van der Waals surface area contributed by atoms with Crippen LogP contribution in [0.15, 0.2) is 36.5 Å². The van der Waals surface area contributed by atoms with Gasteiger partial charge in [0.1, 0.15) is 5.82 Å². The molecule has 0 spiro atoms. The van der Waals surface area contributed by atoms with Gasteiger partial charge in [-0.3, -0.25) is 4.79 Å². The van der Waals surface area contributed by atoms with Crippen LogP contribution < -0.4 is 5.32 Å². The highest BCUT2D eigenvalue weighted by molar-refractivity contribution is 7.99. The lowest BCUT2D eigenvalue weighted by molar-refractivity contribution is -0.115. The topological polar surface area (TPSA) is 46.9 Å². The normalized spacial score (nSPS) is 12.4. The molecule has 0 aliphatic heterocycles.